The predicted octanol–water partition coefficient (Wildman–Crippen LogP) is 3.27. The maximum Gasteiger partial charge on any atom is 0.223 e. The molecule has 0 heterocycles. The van der Waals surface area contributed by atoms with Crippen LogP contribution in [-0.4, -0.2) is 5.91 Å². The lowest BCUT2D eigenvalue weighted by Gasteiger charge is -2.22. The molecule has 1 spiro atoms. The van der Waals surface area contributed by atoms with Crippen LogP contribution in [0, 0.1) is 11.3 Å². The summed E-state index contributed by atoms with van der Waals surface area (Å²) in [6.07, 6.45) is 7.69. The molecule has 0 aromatic heterocycles. The smallest absolute Gasteiger partial charge is 0.223 e. The first-order valence-corrected chi connectivity index (χ1v) is 7.12. The van der Waals surface area contributed by atoms with Crippen LogP contribution in [0.4, 0.5) is 0 Å². The quantitative estimate of drug-likeness (QED) is 0.867. The van der Waals surface area contributed by atoms with Gasteiger partial charge in [0, 0.05) is 12.5 Å². The highest BCUT2D eigenvalue weighted by Gasteiger charge is 2.57. The molecule has 2 heteroatoms. The zero-order valence-electron chi connectivity index (χ0n) is 10.8. The van der Waals surface area contributed by atoms with Gasteiger partial charge < -0.3 is 5.32 Å². The van der Waals surface area contributed by atoms with Crippen LogP contribution in [0.25, 0.3) is 0 Å². The normalized spacial score (nSPS) is 24.8. The van der Waals surface area contributed by atoms with Crippen molar-refractivity contribution in [3.8, 4) is 0 Å². The van der Waals surface area contributed by atoms with Gasteiger partial charge in [-0.1, -0.05) is 49.6 Å². The molecule has 1 N–H and O–H groups in total. The maximum absolute atomic E-state index is 12.1. The lowest BCUT2D eigenvalue weighted by atomic mass is 9.84. The fourth-order valence-corrected chi connectivity index (χ4v) is 3.44. The van der Waals surface area contributed by atoms with Crippen molar-refractivity contribution in [2.75, 3.05) is 0 Å². The summed E-state index contributed by atoms with van der Waals surface area (Å²) in [7, 11) is 0. The molecule has 3 rings (SSSR count). The molecule has 1 atom stereocenters. The maximum atomic E-state index is 12.1. The molecule has 2 nitrogen and oxygen atoms in total. The van der Waals surface area contributed by atoms with Gasteiger partial charge in [0.1, 0.15) is 0 Å². The predicted molar refractivity (Wildman–Crippen MR) is 71.9 cm³/mol. The standard InChI is InChI=1S/C16H21NO/c18-15(17-12-13-7-3-1-4-8-13)14-11-16(14)9-5-2-6-10-16/h1,3-4,7-8,14H,2,5-6,9-12H2,(H,17,18). The number of hydrogen-bond acceptors (Lipinski definition) is 1. The van der Waals surface area contributed by atoms with Gasteiger partial charge in [-0.15, -0.1) is 0 Å². The summed E-state index contributed by atoms with van der Waals surface area (Å²) >= 11 is 0. The van der Waals surface area contributed by atoms with E-state index in [0.717, 1.165) is 6.42 Å². The average molecular weight is 243 g/mol. The summed E-state index contributed by atoms with van der Waals surface area (Å²) < 4.78 is 0. The van der Waals surface area contributed by atoms with E-state index in [1.165, 1.54) is 37.7 Å². The van der Waals surface area contributed by atoms with Gasteiger partial charge in [-0.3, -0.25) is 4.79 Å². The lowest BCUT2D eigenvalue weighted by Crippen LogP contribution is -2.27. The molecule has 2 saturated carbocycles. The van der Waals surface area contributed by atoms with Crippen LogP contribution in [0.2, 0.25) is 0 Å². The number of nitrogens with one attached hydrogen (secondary N) is 1. The van der Waals surface area contributed by atoms with Gasteiger partial charge in [0.2, 0.25) is 5.91 Å². The molecule has 1 aromatic rings. The van der Waals surface area contributed by atoms with E-state index in [1.54, 1.807) is 0 Å². The fourth-order valence-electron chi connectivity index (χ4n) is 3.44. The Balaban J connectivity index is 1.51. The molecule has 1 unspecified atom stereocenters. The zero-order chi connectivity index (χ0) is 12.4. The summed E-state index contributed by atoms with van der Waals surface area (Å²) in [4.78, 5) is 12.1. The van der Waals surface area contributed by atoms with E-state index in [2.05, 4.69) is 17.4 Å². The van der Waals surface area contributed by atoms with E-state index in [4.69, 9.17) is 0 Å². The second-order valence-electron chi connectivity index (χ2n) is 5.88. The Labute approximate surface area is 109 Å². The number of hydrogen-bond donors (Lipinski definition) is 1. The van der Waals surface area contributed by atoms with Gasteiger partial charge >= 0.3 is 0 Å². The highest BCUT2D eigenvalue weighted by atomic mass is 16.2. The van der Waals surface area contributed by atoms with E-state index in [1.807, 2.05) is 18.2 Å². The third-order valence-electron chi connectivity index (χ3n) is 4.67. The molecule has 2 aliphatic rings. The Morgan fingerprint density at radius 3 is 2.61 bits per heavy atom. The van der Waals surface area contributed by atoms with Crippen molar-refractivity contribution < 1.29 is 4.79 Å². The van der Waals surface area contributed by atoms with Crippen molar-refractivity contribution in [3.63, 3.8) is 0 Å². The number of amides is 1. The Morgan fingerprint density at radius 1 is 1.17 bits per heavy atom. The van der Waals surface area contributed by atoms with Crippen LogP contribution >= 0.6 is 0 Å². The van der Waals surface area contributed by atoms with E-state index in [9.17, 15) is 4.79 Å². The van der Waals surface area contributed by atoms with Gasteiger partial charge in [-0.05, 0) is 30.2 Å². The molecule has 2 fully saturated rings. The molecule has 0 radical (unpaired) electrons. The number of carbonyl (C=O) groups excluding carboxylic acids is 1. The van der Waals surface area contributed by atoms with Crippen molar-refractivity contribution in [2.45, 2.75) is 45.1 Å². The largest absolute Gasteiger partial charge is 0.352 e. The Bertz CT molecular complexity index is 420. The molecule has 0 saturated heterocycles. The molecule has 1 amide bonds. The Hall–Kier alpha value is -1.31. The first kappa shape index (κ1) is 11.8. The van der Waals surface area contributed by atoms with E-state index < -0.39 is 0 Å². The van der Waals surface area contributed by atoms with Gasteiger partial charge in [0.15, 0.2) is 0 Å². The first-order valence-electron chi connectivity index (χ1n) is 7.12. The van der Waals surface area contributed by atoms with Crippen LogP contribution < -0.4 is 5.32 Å². The minimum absolute atomic E-state index is 0.278. The summed E-state index contributed by atoms with van der Waals surface area (Å²) in [5, 5.41) is 3.09. The Kier molecular flexibility index (Phi) is 3.11. The molecular weight excluding hydrogens is 222 g/mol. The second-order valence-corrected chi connectivity index (χ2v) is 5.88. The third kappa shape index (κ3) is 2.29. The molecule has 0 aliphatic heterocycles. The summed E-state index contributed by atoms with van der Waals surface area (Å²) in [6, 6.07) is 10.2. The molecule has 0 bridgehead atoms. The van der Waals surface area contributed by atoms with Crippen LogP contribution in [0.1, 0.15) is 44.1 Å². The minimum Gasteiger partial charge on any atom is -0.352 e. The van der Waals surface area contributed by atoms with Crippen molar-refractivity contribution in [3.05, 3.63) is 35.9 Å². The second kappa shape index (κ2) is 4.75. The van der Waals surface area contributed by atoms with Gasteiger partial charge in [-0.25, -0.2) is 0 Å². The van der Waals surface area contributed by atoms with Crippen LogP contribution in [0.15, 0.2) is 30.3 Å². The average Bonchev–Trinajstić information content (AvgIpc) is 3.12. The third-order valence-corrected chi connectivity index (χ3v) is 4.67. The Morgan fingerprint density at radius 2 is 1.89 bits per heavy atom. The number of carbonyl (C=O) groups is 1. The topological polar surface area (TPSA) is 29.1 Å². The minimum atomic E-state index is 0.278. The number of rotatable bonds is 3. The summed E-state index contributed by atoms with van der Waals surface area (Å²) in [5.74, 6) is 0.585. The van der Waals surface area contributed by atoms with Crippen LogP contribution in [0.3, 0.4) is 0 Å². The number of benzene rings is 1. The molecule has 2 aliphatic carbocycles. The fraction of sp³-hybridized carbons (Fsp3) is 0.562. The monoisotopic (exact) mass is 243 g/mol. The van der Waals surface area contributed by atoms with E-state index in [0.29, 0.717) is 17.9 Å². The van der Waals surface area contributed by atoms with Gasteiger partial charge in [-0.2, -0.15) is 0 Å². The molecular formula is C16H21NO. The summed E-state index contributed by atoms with van der Waals surface area (Å²) in [5.41, 5.74) is 1.59. The lowest BCUT2D eigenvalue weighted by molar-refractivity contribution is -0.123. The van der Waals surface area contributed by atoms with E-state index >= 15 is 0 Å². The van der Waals surface area contributed by atoms with Crippen LogP contribution in [0.5, 0.6) is 0 Å². The molecule has 18 heavy (non-hydrogen) atoms. The van der Waals surface area contributed by atoms with Crippen molar-refractivity contribution in [1.29, 1.82) is 0 Å². The SMILES string of the molecule is O=C(NCc1ccccc1)C1CC12CCCCC2. The molecule has 1 aromatic carbocycles. The zero-order valence-corrected chi connectivity index (χ0v) is 10.8. The van der Waals surface area contributed by atoms with Crippen molar-refractivity contribution in [2.24, 2.45) is 11.3 Å². The molecule has 96 valence electrons. The van der Waals surface area contributed by atoms with Crippen molar-refractivity contribution in [1.82, 2.24) is 5.32 Å². The highest BCUT2D eigenvalue weighted by Crippen LogP contribution is 2.61. The van der Waals surface area contributed by atoms with Gasteiger partial charge in [0.25, 0.3) is 0 Å². The van der Waals surface area contributed by atoms with E-state index in [-0.39, 0.29) is 5.91 Å². The summed E-state index contributed by atoms with van der Waals surface area (Å²) in [6.45, 7) is 0.673. The first-order chi connectivity index (χ1) is 8.80. The highest BCUT2D eigenvalue weighted by molar-refractivity contribution is 5.82. The van der Waals surface area contributed by atoms with Crippen molar-refractivity contribution >= 4 is 5.91 Å². The van der Waals surface area contributed by atoms with Crippen LogP contribution in [-0.2, 0) is 11.3 Å². The van der Waals surface area contributed by atoms with Gasteiger partial charge in [0.05, 0.1) is 0 Å².